The fraction of sp³-hybridized carbons (Fsp3) is 0.278. The van der Waals surface area contributed by atoms with E-state index in [-0.39, 0.29) is 5.91 Å². The van der Waals surface area contributed by atoms with Gasteiger partial charge in [0.2, 0.25) is 5.91 Å². The summed E-state index contributed by atoms with van der Waals surface area (Å²) in [5, 5.41) is 11.9. The number of ether oxygens (including phenoxy) is 1. The minimum absolute atomic E-state index is 0.0435. The molecule has 2 heterocycles. The summed E-state index contributed by atoms with van der Waals surface area (Å²) in [6.07, 6.45) is 0.330. The lowest BCUT2D eigenvalue weighted by Gasteiger charge is -2.09. The van der Waals surface area contributed by atoms with E-state index in [0.29, 0.717) is 30.9 Å². The Morgan fingerprint density at radius 2 is 2.27 bits per heavy atom. The molecule has 8 heteroatoms. The van der Waals surface area contributed by atoms with E-state index in [2.05, 4.69) is 15.5 Å². The zero-order chi connectivity index (χ0) is 18.4. The number of amides is 1. The summed E-state index contributed by atoms with van der Waals surface area (Å²) >= 11 is 6.85. The van der Waals surface area contributed by atoms with Crippen molar-refractivity contribution < 1.29 is 9.53 Å². The lowest BCUT2D eigenvalue weighted by molar-refractivity contribution is -0.121. The van der Waals surface area contributed by atoms with E-state index in [9.17, 15) is 4.79 Å². The topological polar surface area (TPSA) is 71.9 Å². The zero-order valence-corrected chi connectivity index (χ0v) is 16.0. The number of aryl methyl sites for hydroxylation is 1. The van der Waals surface area contributed by atoms with E-state index in [1.807, 2.05) is 53.3 Å². The molecular weight excluding hydrogens is 368 g/mol. The third kappa shape index (κ3) is 4.80. The molecule has 3 aromatic rings. The van der Waals surface area contributed by atoms with Crippen molar-refractivity contribution in [1.82, 2.24) is 20.1 Å². The number of thiophene rings is 1. The van der Waals surface area contributed by atoms with E-state index in [1.165, 1.54) is 0 Å². The van der Waals surface area contributed by atoms with Crippen LogP contribution in [-0.2, 0) is 11.3 Å². The predicted molar refractivity (Wildman–Crippen MR) is 105 cm³/mol. The van der Waals surface area contributed by atoms with Crippen molar-refractivity contribution in [2.75, 3.05) is 13.2 Å². The first-order chi connectivity index (χ1) is 12.6. The SMILES string of the molecule is Cc1cccc(OCCNC(=O)CCn2c(-c3cccs3)n[nH]c2=S)c1. The van der Waals surface area contributed by atoms with E-state index in [0.717, 1.165) is 22.0 Å². The molecule has 136 valence electrons. The standard InChI is InChI=1S/C18H20N4O2S2/c1-13-4-2-5-14(12-13)24-10-8-19-16(23)7-9-22-17(20-21-18(22)25)15-6-3-11-26-15/h2-6,11-12H,7-10H2,1H3,(H,19,23)(H,21,25). The number of benzene rings is 1. The molecule has 0 radical (unpaired) electrons. The van der Waals surface area contributed by atoms with Gasteiger partial charge in [0.15, 0.2) is 10.6 Å². The molecule has 0 fully saturated rings. The molecule has 0 saturated carbocycles. The fourth-order valence-corrected chi connectivity index (χ4v) is 3.43. The van der Waals surface area contributed by atoms with Crippen LogP contribution in [0.25, 0.3) is 10.7 Å². The van der Waals surface area contributed by atoms with Crippen LogP contribution in [0, 0.1) is 11.7 Å². The van der Waals surface area contributed by atoms with E-state index >= 15 is 0 Å². The van der Waals surface area contributed by atoms with Crippen LogP contribution in [0.4, 0.5) is 0 Å². The molecule has 6 nitrogen and oxygen atoms in total. The maximum Gasteiger partial charge on any atom is 0.221 e. The fourth-order valence-electron chi connectivity index (χ4n) is 2.49. The zero-order valence-electron chi connectivity index (χ0n) is 14.4. The third-order valence-electron chi connectivity index (χ3n) is 3.74. The lowest BCUT2D eigenvalue weighted by Crippen LogP contribution is -2.28. The monoisotopic (exact) mass is 388 g/mol. The molecule has 0 aliphatic rings. The van der Waals surface area contributed by atoms with Gasteiger partial charge in [0.05, 0.1) is 11.4 Å². The molecule has 0 atom stereocenters. The van der Waals surface area contributed by atoms with Gasteiger partial charge in [0, 0.05) is 13.0 Å². The van der Waals surface area contributed by atoms with Crippen LogP contribution in [0.3, 0.4) is 0 Å². The average Bonchev–Trinajstić information content (AvgIpc) is 3.26. The Morgan fingerprint density at radius 1 is 1.38 bits per heavy atom. The Bertz CT molecular complexity index is 915. The first-order valence-corrected chi connectivity index (χ1v) is 9.57. The number of carbonyl (C=O) groups is 1. The molecule has 0 aliphatic heterocycles. The van der Waals surface area contributed by atoms with Gasteiger partial charge in [-0.2, -0.15) is 5.10 Å². The number of H-pyrrole nitrogens is 1. The van der Waals surface area contributed by atoms with E-state index in [1.54, 1.807) is 11.3 Å². The molecule has 0 aliphatic carbocycles. The van der Waals surface area contributed by atoms with Crippen molar-refractivity contribution in [3.63, 3.8) is 0 Å². The van der Waals surface area contributed by atoms with Gasteiger partial charge in [-0.15, -0.1) is 11.3 Å². The Morgan fingerprint density at radius 3 is 3.04 bits per heavy atom. The highest BCUT2D eigenvalue weighted by Crippen LogP contribution is 2.22. The van der Waals surface area contributed by atoms with Crippen LogP contribution in [0.1, 0.15) is 12.0 Å². The van der Waals surface area contributed by atoms with Gasteiger partial charge >= 0.3 is 0 Å². The van der Waals surface area contributed by atoms with Gasteiger partial charge in [-0.3, -0.25) is 14.5 Å². The first kappa shape index (κ1) is 18.3. The van der Waals surface area contributed by atoms with Crippen molar-refractivity contribution in [3.05, 3.63) is 52.1 Å². The highest BCUT2D eigenvalue weighted by atomic mass is 32.1. The normalized spacial score (nSPS) is 10.7. The van der Waals surface area contributed by atoms with Crippen molar-refractivity contribution >= 4 is 29.5 Å². The van der Waals surface area contributed by atoms with Crippen LogP contribution in [0.2, 0.25) is 0 Å². The second-order valence-corrected chi connectivity index (χ2v) is 7.08. The van der Waals surface area contributed by atoms with Gasteiger partial charge in [-0.05, 0) is 48.3 Å². The molecule has 3 rings (SSSR count). The quantitative estimate of drug-likeness (QED) is 0.457. The summed E-state index contributed by atoms with van der Waals surface area (Å²) in [6, 6.07) is 11.8. The average molecular weight is 389 g/mol. The summed E-state index contributed by atoms with van der Waals surface area (Å²) in [4.78, 5) is 13.1. The summed E-state index contributed by atoms with van der Waals surface area (Å²) < 4.78 is 7.99. The van der Waals surface area contributed by atoms with Crippen LogP contribution in [0.15, 0.2) is 41.8 Å². The van der Waals surface area contributed by atoms with Gasteiger partial charge in [0.25, 0.3) is 0 Å². The van der Waals surface area contributed by atoms with Crippen molar-refractivity contribution in [1.29, 1.82) is 0 Å². The maximum atomic E-state index is 12.1. The van der Waals surface area contributed by atoms with Crippen LogP contribution >= 0.6 is 23.6 Å². The highest BCUT2D eigenvalue weighted by molar-refractivity contribution is 7.71. The molecule has 1 aromatic carbocycles. The smallest absolute Gasteiger partial charge is 0.221 e. The summed E-state index contributed by atoms with van der Waals surface area (Å²) in [5.74, 6) is 1.53. The minimum atomic E-state index is -0.0435. The summed E-state index contributed by atoms with van der Waals surface area (Å²) in [6.45, 7) is 3.38. The maximum absolute atomic E-state index is 12.1. The van der Waals surface area contributed by atoms with Crippen LogP contribution in [0.5, 0.6) is 5.75 Å². The van der Waals surface area contributed by atoms with Crippen LogP contribution in [-0.4, -0.2) is 33.8 Å². The molecule has 0 saturated heterocycles. The minimum Gasteiger partial charge on any atom is -0.492 e. The second-order valence-electron chi connectivity index (χ2n) is 5.75. The van der Waals surface area contributed by atoms with Crippen molar-refractivity contribution in [2.45, 2.75) is 19.9 Å². The second kappa shape index (κ2) is 8.77. The summed E-state index contributed by atoms with van der Waals surface area (Å²) in [5.41, 5.74) is 1.14. The van der Waals surface area contributed by atoms with Crippen molar-refractivity contribution in [3.8, 4) is 16.5 Å². The number of nitrogens with zero attached hydrogens (tertiary/aromatic N) is 2. The number of hydrogen-bond donors (Lipinski definition) is 2. The molecule has 26 heavy (non-hydrogen) atoms. The van der Waals surface area contributed by atoms with E-state index in [4.69, 9.17) is 17.0 Å². The number of aromatic nitrogens is 3. The Kier molecular flexibility index (Phi) is 6.19. The van der Waals surface area contributed by atoms with Gasteiger partial charge in [0.1, 0.15) is 12.4 Å². The molecule has 2 aromatic heterocycles. The number of aromatic amines is 1. The number of nitrogens with one attached hydrogen (secondary N) is 2. The largest absolute Gasteiger partial charge is 0.492 e. The first-order valence-electron chi connectivity index (χ1n) is 8.29. The summed E-state index contributed by atoms with van der Waals surface area (Å²) in [7, 11) is 0. The molecule has 1 amide bonds. The van der Waals surface area contributed by atoms with Gasteiger partial charge in [-0.1, -0.05) is 18.2 Å². The number of rotatable bonds is 8. The van der Waals surface area contributed by atoms with Gasteiger partial charge in [-0.25, -0.2) is 0 Å². The van der Waals surface area contributed by atoms with E-state index < -0.39 is 0 Å². The lowest BCUT2D eigenvalue weighted by atomic mass is 10.2. The molecule has 0 bridgehead atoms. The Balaban J connectivity index is 1.45. The molecule has 0 spiro atoms. The Labute approximate surface area is 160 Å². The number of carbonyl (C=O) groups excluding carboxylic acids is 1. The molecular formula is C18H20N4O2S2. The molecule has 0 unspecified atom stereocenters. The number of hydrogen-bond acceptors (Lipinski definition) is 5. The van der Waals surface area contributed by atoms with Gasteiger partial charge < -0.3 is 10.1 Å². The Hall–Kier alpha value is -2.45. The third-order valence-corrected chi connectivity index (χ3v) is 4.92. The molecule has 2 N–H and O–H groups in total. The predicted octanol–water partition coefficient (Wildman–Crippen LogP) is 3.56. The van der Waals surface area contributed by atoms with Crippen molar-refractivity contribution in [2.24, 2.45) is 0 Å². The van der Waals surface area contributed by atoms with Crippen LogP contribution < -0.4 is 10.1 Å². The highest BCUT2D eigenvalue weighted by Gasteiger charge is 2.11.